The zero-order chi connectivity index (χ0) is 14.9. The van der Waals surface area contributed by atoms with Gasteiger partial charge in [0.05, 0.1) is 6.54 Å². The molecule has 21 heavy (non-hydrogen) atoms. The molecule has 2 N–H and O–H groups in total. The van der Waals surface area contributed by atoms with Crippen LogP contribution >= 0.6 is 0 Å². The Morgan fingerprint density at radius 1 is 1.24 bits per heavy atom. The van der Waals surface area contributed by atoms with E-state index in [1.54, 1.807) is 18.1 Å². The van der Waals surface area contributed by atoms with E-state index in [-0.39, 0.29) is 0 Å². The number of benzene rings is 1. The van der Waals surface area contributed by atoms with Gasteiger partial charge in [-0.3, -0.25) is 9.67 Å². The molecule has 2 rings (SSSR count). The quantitative estimate of drug-likeness (QED) is 0.474. The smallest absolute Gasteiger partial charge is 0.191 e. The topological polar surface area (TPSA) is 67.1 Å². The minimum Gasteiger partial charge on any atom is -0.356 e. The van der Waals surface area contributed by atoms with Gasteiger partial charge in [0.25, 0.3) is 0 Å². The van der Waals surface area contributed by atoms with E-state index in [0.717, 1.165) is 31.2 Å². The molecule has 0 spiro atoms. The van der Waals surface area contributed by atoms with Gasteiger partial charge in [0.1, 0.15) is 12.2 Å². The van der Waals surface area contributed by atoms with Crippen molar-refractivity contribution in [2.75, 3.05) is 13.6 Å². The first kappa shape index (κ1) is 15.0. The Bertz CT molecular complexity index is 561. The minimum atomic E-state index is 0.606. The van der Waals surface area contributed by atoms with Crippen molar-refractivity contribution in [3.8, 4) is 0 Å². The third-order valence-electron chi connectivity index (χ3n) is 3.22. The van der Waals surface area contributed by atoms with Gasteiger partial charge >= 0.3 is 0 Å². The van der Waals surface area contributed by atoms with E-state index in [2.05, 4.69) is 50.0 Å². The van der Waals surface area contributed by atoms with E-state index in [1.165, 1.54) is 5.56 Å². The van der Waals surface area contributed by atoms with Crippen molar-refractivity contribution in [1.29, 1.82) is 0 Å². The van der Waals surface area contributed by atoms with Crippen LogP contribution in [0.1, 0.15) is 17.8 Å². The summed E-state index contributed by atoms with van der Waals surface area (Å²) in [5.74, 6) is 1.66. The highest BCUT2D eigenvalue weighted by molar-refractivity contribution is 5.79. The lowest BCUT2D eigenvalue weighted by atomic mass is 10.1. The van der Waals surface area contributed by atoms with Crippen molar-refractivity contribution in [2.24, 2.45) is 12.0 Å². The lowest BCUT2D eigenvalue weighted by molar-refractivity contribution is 0.669. The molecule has 0 aliphatic rings. The molecule has 1 heterocycles. The van der Waals surface area contributed by atoms with Crippen molar-refractivity contribution in [3.63, 3.8) is 0 Å². The van der Waals surface area contributed by atoms with Crippen LogP contribution in [0.5, 0.6) is 0 Å². The Morgan fingerprint density at radius 2 is 2.05 bits per heavy atom. The molecule has 0 saturated carbocycles. The zero-order valence-electron chi connectivity index (χ0n) is 12.6. The normalized spacial score (nSPS) is 11.4. The van der Waals surface area contributed by atoms with Crippen molar-refractivity contribution in [3.05, 3.63) is 48.0 Å². The van der Waals surface area contributed by atoms with Gasteiger partial charge < -0.3 is 10.6 Å². The zero-order valence-corrected chi connectivity index (χ0v) is 12.6. The number of nitrogens with zero attached hydrogens (tertiary/aromatic N) is 4. The van der Waals surface area contributed by atoms with Gasteiger partial charge in [0.15, 0.2) is 5.96 Å². The van der Waals surface area contributed by atoms with Crippen molar-refractivity contribution < 1.29 is 0 Å². The average Bonchev–Trinajstić information content (AvgIpc) is 2.93. The van der Waals surface area contributed by atoms with Crippen LogP contribution in [0.3, 0.4) is 0 Å². The fourth-order valence-electron chi connectivity index (χ4n) is 2.01. The number of rotatable bonds is 6. The Hall–Kier alpha value is -2.37. The summed E-state index contributed by atoms with van der Waals surface area (Å²) in [6.45, 7) is 1.49. The first-order valence-electron chi connectivity index (χ1n) is 7.11. The molecule has 6 heteroatoms. The molecule has 0 fully saturated rings. The van der Waals surface area contributed by atoms with E-state index < -0.39 is 0 Å². The van der Waals surface area contributed by atoms with Crippen LogP contribution in [0, 0.1) is 0 Å². The maximum Gasteiger partial charge on any atom is 0.191 e. The highest BCUT2D eigenvalue weighted by atomic mass is 15.3. The number of guanidine groups is 1. The Kier molecular flexibility index (Phi) is 5.75. The summed E-state index contributed by atoms with van der Waals surface area (Å²) in [6, 6.07) is 10.5. The summed E-state index contributed by atoms with van der Waals surface area (Å²) in [4.78, 5) is 8.36. The summed E-state index contributed by atoms with van der Waals surface area (Å²) in [7, 11) is 3.64. The molecule has 0 saturated heterocycles. The number of hydrogen-bond acceptors (Lipinski definition) is 3. The van der Waals surface area contributed by atoms with Gasteiger partial charge in [-0.2, -0.15) is 5.10 Å². The molecule has 0 aliphatic heterocycles. The van der Waals surface area contributed by atoms with Crippen LogP contribution in [0.2, 0.25) is 0 Å². The summed E-state index contributed by atoms with van der Waals surface area (Å²) in [6.07, 6.45) is 3.68. The molecule has 1 aromatic carbocycles. The second-order valence-electron chi connectivity index (χ2n) is 4.74. The number of nitrogens with one attached hydrogen (secondary N) is 2. The fourth-order valence-corrected chi connectivity index (χ4v) is 2.01. The SMILES string of the molecule is CN=C(NCCCc1ccccc1)NCc1ncnn1C. The highest BCUT2D eigenvalue weighted by Gasteiger charge is 2.02. The number of hydrogen-bond donors (Lipinski definition) is 2. The average molecular weight is 286 g/mol. The Labute approximate surface area is 125 Å². The molecule has 0 amide bonds. The molecular formula is C15H22N6. The molecule has 1 aromatic heterocycles. The van der Waals surface area contributed by atoms with E-state index in [4.69, 9.17) is 0 Å². The second kappa shape index (κ2) is 8.04. The maximum absolute atomic E-state index is 4.20. The van der Waals surface area contributed by atoms with Gasteiger partial charge in [-0.25, -0.2) is 4.98 Å². The van der Waals surface area contributed by atoms with Gasteiger partial charge in [-0.05, 0) is 18.4 Å². The molecule has 0 radical (unpaired) electrons. The fraction of sp³-hybridized carbons (Fsp3) is 0.400. The summed E-state index contributed by atoms with van der Waals surface area (Å²) < 4.78 is 1.75. The number of aliphatic imine (C=N–C) groups is 1. The van der Waals surface area contributed by atoms with E-state index >= 15 is 0 Å². The Morgan fingerprint density at radius 3 is 2.71 bits per heavy atom. The van der Waals surface area contributed by atoms with Gasteiger partial charge in [-0.1, -0.05) is 30.3 Å². The third kappa shape index (κ3) is 4.91. The monoisotopic (exact) mass is 286 g/mol. The van der Waals surface area contributed by atoms with Crippen LogP contribution in [-0.4, -0.2) is 34.3 Å². The van der Waals surface area contributed by atoms with E-state index in [0.29, 0.717) is 6.54 Å². The van der Waals surface area contributed by atoms with Crippen molar-refractivity contribution >= 4 is 5.96 Å². The summed E-state index contributed by atoms with van der Waals surface area (Å²) >= 11 is 0. The highest BCUT2D eigenvalue weighted by Crippen LogP contribution is 2.01. The van der Waals surface area contributed by atoms with Gasteiger partial charge in [-0.15, -0.1) is 0 Å². The van der Waals surface area contributed by atoms with Crippen LogP contribution in [0.4, 0.5) is 0 Å². The predicted octanol–water partition coefficient (Wildman–Crippen LogP) is 1.11. The van der Waals surface area contributed by atoms with Crippen LogP contribution in [0.25, 0.3) is 0 Å². The largest absolute Gasteiger partial charge is 0.356 e. The van der Waals surface area contributed by atoms with Crippen LogP contribution < -0.4 is 10.6 Å². The third-order valence-corrected chi connectivity index (χ3v) is 3.22. The van der Waals surface area contributed by atoms with Crippen molar-refractivity contribution in [2.45, 2.75) is 19.4 Å². The predicted molar refractivity (Wildman–Crippen MR) is 84.0 cm³/mol. The van der Waals surface area contributed by atoms with Crippen LogP contribution in [0.15, 0.2) is 41.7 Å². The lowest BCUT2D eigenvalue weighted by Gasteiger charge is -2.11. The van der Waals surface area contributed by atoms with E-state index in [9.17, 15) is 0 Å². The molecule has 0 aliphatic carbocycles. The summed E-state index contributed by atoms with van der Waals surface area (Å²) in [5.41, 5.74) is 1.36. The molecule has 0 bridgehead atoms. The van der Waals surface area contributed by atoms with E-state index in [1.807, 2.05) is 13.1 Å². The molecular weight excluding hydrogens is 264 g/mol. The molecule has 112 valence electrons. The standard InChI is InChI=1S/C15H22N6/c1-16-15(18-11-14-19-12-20-21(14)2)17-10-6-9-13-7-4-3-5-8-13/h3-5,7-8,12H,6,9-11H2,1-2H3,(H2,16,17,18). The molecule has 2 aromatic rings. The Balaban J connectivity index is 1.67. The first-order chi connectivity index (χ1) is 10.3. The van der Waals surface area contributed by atoms with Crippen molar-refractivity contribution in [1.82, 2.24) is 25.4 Å². The van der Waals surface area contributed by atoms with Gasteiger partial charge in [0.2, 0.25) is 0 Å². The maximum atomic E-state index is 4.20. The molecule has 0 atom stereocenters. The lowest BCUT2D eigenvalue weighted by Crippen LogP contribution is -2.38. The number of aryl methyl sites for hydroxylation is 2. The molecule has 6 nitrogen and oxygen atoms in total. The van der Waals surface area contributed by atoms with Gasteiger partial charge in [0, 0.05) is 20.6 Å². The molecule has 0 unspecified atom stereocenters. The minimum absolute atomic E-state index is 0.606. The second-order valence-corrected chi connectivity index (χ2v) is 4.74. The first-order valence-corrected chi connectivity index (χ1v) is 7.11. The summed E-state index contributed by atoms with van der Waals surface area (Å²) in [5, 5.41) is 10.6. The van der Waals surface area contributed by atoms with Crippen LogP contribution in [-0.2, 0) is 20.0 Å². The number of aromatic nitrogens is 3.